The molecule has 1 saturated heterocycles. The minimum atomic E-state index is 0.0763. The molecule has 7 heteroatoms. The summed E-state index contributed by atoms with van der Waals surface area (Å²) < 4.78 is 2.01. The molecule has 0 unspecified atom stereocenters. The molecule has 0 bridgehead atoms. The number of carbonyl (C=O) groups excluding carboxylic acids is 1. The molecule has 5 nitrogen and oxygen atoms in total. The Morgan fingerprint density at radius 3 is 2.41 bits per heavy atom. The standard InChI is InChI=1S/C22H19ClN4OS/c23-16-5-7-17(8-6-16)25-12-14-27(15-13-25)22(28)20-19(26-10-1-2-11-26)18-4-3-9-24-21(18)29-20/h1-11H,12-15H2. The van der Waals surface area contributed by atoms with Crippen LogP contribution in [0.3, 0.4) is 0 Å². The number of rotatable bonds is 3. The number of carbonyl (C=O) groups is 1. The first-order valence-corrected chi connectivity index (χ1v) is 10.7. The zero-order chi connectivity index (χ0) is 19.8. The maximum Gasteiger partial charge on any atom is 0.266 e. The van der Waals surface area contributed by atoms with Gasteiger partial charge in [-0.2, -0.15) is 0 Å². The SMILES string of the molecule is O=C(c1sc2ncccc2c1-n1cccc1)N1CCN(c2ccc(Cl)cc2)CC1. The lowest BCUT2D eigenvalue weighted by atomic mass is 10.2. The molecule has 1 aliphatic heterocycles. The Hall–Kier alpha value is -2.83. The van der Waals surface area contributed by atoms with E-state index in [9.17, 15) is 4.79 Å². The van der Waals surface area contributed by atoms with Crippen molar-refractivity contribution in [1.82, 2.24) is 14.5 Å². The van der Waals surface area contributed by atoms with Crippen molar-refractivity contribution in [1.29, 1.82) is 0 Å². The van der Waals surface area contributed by atoms with Crippen molar-refractivity contribution in [2.24, 2.45) is 0 Å². The van der Waals surface area contributed by atoms with Crippen LogP contribution in [0.2, 0.25) is 5.02 Å². The number of nitrogens with zero attached hydrogens (tertiary/aromatic N) is 4. The predicted molar refractivity (Wildman–Crippen MR) is 119 cm³/mol. The first-order chi connectivity index (χ1) is 14.2. The van der Waals surface area contributed by atoms with E-state index in [2.05, 4.69) is 9.88 Å². The van der Waals surface area contributed by atoms with Crippen molar-refractivity contribution in [3.8, 4) is 5.69 Å². The largest absolute Gasteiger partial charge is 0.368 e. The van der Waals surface area contributed by atoms with E-state index in [-0.39, 0.29) is 5.91 Å². The third kappa shape index (κ3) is 3.39. The van der Waals surface area contributed by atoms with Gasteiger partial charge in [-0.15, -0.1) is 11.3 Å². The molecule has 4 aromatic rings. The van der Waals surface area contributed by atoms with Crippen molar-refractivity contribution >= 4 is 44.7 Å². The van der Waals surface area contributed by atoms with Gasteiger partial charge in [-0.05, 0) is 48.5 Å². The second kappa shape index (κ2) is 7.54. The molecular formula is C22H19ClN4OS. The minimum Gasteiger partial charge on any atom is -0.368 e. The normalized spacial score (nSPS) is 14.5. The summed E-state index contributed by atoms with van der Waals surface area (Å²) in [4.78, 5) is 23.8. The summed E-state index contributed by atoms with van der Waals surface area (Å²) in [6, 6.07) is 15.8. The fraction of sp³-hybridized carbons (Fsp3) is 0.182. The fourth-order valence-corrected chi connectivity index (χ4v) is 5.00. The number of hydrogen-bond donors (Lipinski definition) is 0. The number of anilines is 1. The Kier molecular flexibility index (Phi) is 4.73. The second-order valence-electron chi connectivity index (χ2n) is 6.98. The first-order valence-electron chi connectivity index (χ1n) is 9.51. The highest BCUT2D eigenvalue weighted by molar-refractivity contribution is 7.21. The lowest BCUT2D eigenvalue weighted by Gasteiger charge is -2.36. The van der Waals surface area contributed by atoms with Crippen molar-refractivity contribution in [2.75, 3.05) is 31.1 Å². The number of halogens is 1. The van der Waals surface area contributed by atoms with Crippen LogP contribution in [-0.2, 0) is 0 Å². The number of aromatic nitrogens is 2. The van der Waals surface area contributed by atoms with Crippen LogP contribution < -0.4 is 4.90 Å². The molecule has 0 N–H and O–H groups in total. The van der Waals surface area contributed by atoms with Gasteiger partial charge < -0.3 is 14.4 Å². The van der Waals surface area contributed by atoms with Crippen LogP contribution in [0.1, 0.15) is 9.67 Å². The molecule has 3 aromatic heterocycles. The summed E-state index contributed by atoms with van der Waals surface area (Å²) in [5.41, 5.74) is 2.06. The van der Waals surface area contributed by atoms with Gasteiger partial charge in [0, 0.05) is 60.9 Å². The molecule has 0 atom stereocenters. The van der Waals surface area contributed by atoms with Gasteiger partial charge in [0.1, 0.15) is 9.71 Å². The van der Waals surface area contributed by atoms with Gasteiger partial charge in [0.15, 0.2) is 0 Å². The van der Waals surface area contributed by atoms with Crippen molar-refractivity contribution in [3.63, 3.8) is 0 Å². The Bertz CT molecular complexity index is 1150. The number of fused-ring (bicyclic) bond motifs is 1. The number of thiophene rings is 1. The summed E-state index contributed by atoms with van der Waals surface area (Å²) in [7, 11) is 0. The molecule has 0 aliphatic carbocycles. The van der Waals surface area contributed by atoms with Gasteiger partial charge in [0.2, 0.25) is 0 Å². The first kappa shape index (κ1) is 18.2. The molecule has 0 spiro atoms. The average Bonchev–Trinajstić information content (AvgIpc) is 3.41. The molecule has 4 heterocycles. The topological polar surface area (TPSA) is 41.4 Å². The van der Waals surface area contributed by atoms with Gasteiger partial charge in [0.05, 0.1) is 5.69 Å². The average molecular weight is 423 g/mol. The van der Waals surface area contributed by atoms with Crippen molar-refractivity contribution in [3.05, 3.63) is 77.0 Å². The van der Waals surface area contributed by atoms with E-state index >= 15 is 0 Å². The highest BCUT2D eigenvalue weighted by Crippen LogP contribution is 2.34. The highest BCUT2D eigenvalue weighted by atomic mass is 35.5. The van der Waals surface area contributed by atoms with E-state index in [1.54, 1.807) is 6.20 Å². The van der Waals surface area contributed by atoms with Gasteiger partial charge in [-0.3, -0.25) is 4.79 Å². The molecule has 5 rings (SSSR count). The molecule has 1 aromatic carbocycles. The number of pyridine rings is 1. The maximum absolute atomic E-state index is 13.4. The fourth-order valence-electron chi connectivity index (χ4n) is 3.77. The summed E-state index contributed by atoms with van der Waals surface area (Å²) in [5.74, 6) is 0.0763. The molecule has 146 valence electrons. The van der Waals surface area contributed by atoms with Crippen molar-refractivity contribution < 1.29 is 4.79 Å². The van der Waals surface area contributed by atoms with Crippen LogP contribution in [0.4, 0.5) is 5.69 Å². The smallest absolute Gasteiger partial charge is 0.266 e. The second-order valence-corrected chi connectivity index (χ2v) is 8.42. The van der Waals surface area contributed by atoms with Crippen LogP contribution in [-0.4, -0.2) is 46.5 Å². The highest BCUT2D eigenvalue weighted by Gasteiger charge is 2.27. The maximum atomic E-state index is 13.4. The Balaban J connectivity index is 1.41. The summed E-state index contributed by atoms with van der Waals surface area (Å²) in [5, 5.41) is 1.75. The number of benzene rings is 1. The van der Waals surface area contributed by atoms with E-state index in [1.807, 2.05) is 70.4 Å². The van der Waals surface area contributed by atoms with Crippen molar-refractivity contribution in [2.45, 2.75) is 0 Å². The van der Waals surface area contributed by atoms with E-state index in [1.165, 1.54) is 11.3 Å². The van der Waals surface area contributed by atoms with Gasteiger partial charge >= 0.3 is 0 Å². The van der Waals surface area contributed by atoms with Gasteiger partial charge in [-0.1, -0.05) is 11.6 Å². The van der Waals surface area contributed by atoms with Gasteiger partial charge in [0.25, 0.3) is 5.91 Å². The van der Waals surface area contributed by atoms with Gasteiger partial charge in [-0.25, -0.2) is 4.98 Å². The third-order valence-electron chi connectivity index (χ3n) is 5.26. The summed E-state index contributed by atoms with van der Waals surface area (Å²) in [6.07, 6.45) is 5.73. The van der Waals surface area contributed by atoms with Crippen LogP contribution in [0.25, 0.3) is 15.9 Å². The Labute approximate surface area is 177 Å². The molecule has 1 amide bonds. The quantitative estimate of drug-likeness (QED) is 0.480. The molecule has 0 saturated carbocycles. The molecule has 1 fully saturated rings. The van der Waals surface area contributed by atoms with Crippen LogP contribution in [0.5, 0.6) is 0 Å². The number of piperazine rings is 1. The Morgan fingerprint density at radius 2 is 1.69 bits per heavy atom. The number of hydrogen-bond acceptors (Lipinski definition) is 4. The van der Waals surface area contributed by atoms with E-state index in [4.69, 9.17) is 11.6 Å². The Morgan fingerprint density at radius 1 is 0.966 bits per heavy atom. The van der Waals surface area contributed by atoms with Crippen LogP contribution >= 0.6 is 22.9 Å². The molecular weight excluding hydrogens is 404 g/mol. The zero-order valence-electron chi connectivity index (χ0n) is 15.7. The molecule has 0 radical (unpaired) electrons. The molecule has 29 heavy (non-hydrogen) atoms. The lowest BCUT2D eigenvalue weighted by molar-refractivity contribution is 0.0752. The van der Waals surface area contributed by atoms with E-state index < -0.39 is 0 Å². The summed E-state index contributed by atoms with van der Waals surface area (Å²) >= 11 is 7.47. The van der Waals surface area contributed by atoms with Crippen LogP contribution in [0.15, 0.2) is 67.1 Å². The van der Waals surface area contributed by atoms with E-state index in [0.29, 0.717) is 13.1 Å². The minimum absolute atomic E-state index is 0.0763. The third-order valence-corrected chi connectivity index (χ3v) is 6.60. The summed E-state index contributed by atoms with van der Waals surface area (Å²) in [6.45, 7) is 2.98. The monoisotopic (exact) mass is 422 g/mol. The van der Waals surface area contributed by atoms with E-state index in [0.717, 1.165) is 44.6 Å². The predicted octanol–water partition coefficient (Wildman–Crippen LogP) is 4.70. The number of amides is 1. The molecule has 1 aliphatic rings. The zero-order valence-corrected chi connectivity index (χ0v) is 17.2. The van der Waals surface area contributed by atoms with Crippen LogP contribution in [0, 0.1) is 0 Å². The lowest BCUT2D eigenvalue weighted by Crippen LogP contribution is -2.48.